The molecule has 2 aromatic rings. The summed E-state index contributed by atoms with van der Waals surface area (Å²) in [6, 6.07) is 4.20. The predicted molar refractivity (Wildman–Crippen MR) is 80.3 cm³/mol. The van der Waals surface area contributed by atoms with Crippen LogP contribution in [-0.2, 0) is 4.74 Å². The van der Waals surface area contributed by atoms with E-state index in [4.69, 9.17) is 14.2 Å². The van der Waals surface area contributed by atoms with Crippen molar-refractivity contribution in [2.75, 3.05) is 39.4 Å². The maximum Gasteiger partial charge on any atom is 0.187 e. The fourth-order valence-corrected chi connectivity index (χ4v) is 2.71. The van der Waals surface area contributed by atoms with Gasteiger partial charge in [-0.15, -0.1) is 0 Å². The van der Waals surface area contributed by atoms with Crippen LogP contribution in [0.1, 0.15) is 6.42 Å². The molecule has 6 nitrogen and oxygen atoms in total. The van der Waals surface area contributed by atoms with E-state index < -0.39 is 0 Å². The van der Waals surface area contributed by atoms with Crippen molar-refractivity contribution in [1.29, 1.82) is 0 Å². The SMILES string of the molecule is COc1ccc2c(N(C)[C@@H]3CCOC3)ncnc2c1OC. The number of aromatic nitrogens is 2. The summed E-state index contributed by atoms with van der Waals surface area (Å²) in [7, 11) is 5.28. The summed E-state index contributed by atoms with van der Waals surface area (Å²) in [5, 5.41) is 0.949. The third kappa shape index (κ3) is 2.35. The van der Waals surface area contributed by atoms with Gasteiger partial charge in [0, 0.05) is 19.0 Å². The van der Waals surface area contributed by atoms with Gasteiger partial charge in [-0.2, -0.15) is 0 Å². The Balaban J connectivity index is 2.11. The molecule has 0 unspecified atom stereocenters. The van der Waals surface area contributed by atoms with Gasteiger partial charge in [-0.25, -0.2) is 9.97 Å². The lowest BCUT2D eigenvalue weighted by atomic mass is 10.1. The molecule has 0 amide bonds. The Morgan fingerprint density at radius 2 is 2.10 bits per heavy atom. The number of rotatable bonds is 4. The first-order valence-electron chi connectivity index (χ1n) is 6.92. The molecule has 1 saturated heterocycles. The molecular formula is C15H19N3O3. The maximum absolute atomic E-state index is 5.46. The fraction of sp³-hybridized carbons (Fsp3) is 0.467. The van der Waals surface area contributed by atoms with E-state index >= 15 is 0 Å². The van der Waals surface area contributed by atoms with Crippen molar-refractivity contribution < 1.29 is 14.2 Å². The van der Waals surface area contributed by atoms with E-state index in [1.54, 1.807) is 20.5 Å². The van der Waals surface area contributed by atoms with Gasteiger partial charge in [0.1, 0.15) is 17.7 Å². The normalized spacial score (nSPS) is 18.0. The van der Waals surface area contributed by atoms with Gasteiger partial charge >= 0.3 is 0 Å². The van der Waals surface area contributed by atoms with Gasteiger partial charge in [0.2, 0.25) is 0 Å². The number of methoxy groups -OCH3 is 2. The van der Waals surface area contributed by atoms with Crippen molar-refractivity contribution in [2.45, 2.75) is 12.5 Å². The first kappa shape index (κ1) is 13.9. The lowest BCUT2D eigenvalue weighted by molar-refractivity contribution is 0.193. The second-order valence-corrected chi connectivity index (χ2v) is 5.02. The molecule has 0 N–H and O–H groups in total. The lowest BCUT2D eigenvalue weighted by Gasteiger charge is -2.25. The first-order chi connectivity index (χ1) is 10.3. The van der Waals surface area contributed by atoms with Crippen molar-refractivity contribution in [1.82, 2.24) is 9.97 Å². The molecule has 1 atom stereocenters. The molecule has 1 aliphatic heterocycles. The second-order valence-electron chi connectivity index (χ2n) is 5.02. The summed E-state index contributed by atoms with van der Waals surface area (Å²) in [5.41, 5.74) is 0.757. The number of hydrogen-bond donors (Lipinski definition) is 0. The molecule has 6 heteroatoms. The van der Waals surface area contributed by atoms with E-state index in [2.05, 4.69) is 14.9 Å². The van der Waals surface area contributed by atoms with Crippen molar-refractivity contribution in [3.8, 4) is 11.5 Å². The van der Waals surface area contributed by atoms with Crippen LogP contribution in [0, 0.1) is 0 Å². The van der Waals surface area contributed by atoms with Gasteiger partial charge in [0.25, 0.3) is 0 Å². The molecule has 0 bridgehead atoms. The third-order valence-corrected chi connectivity index (χ3v) is 3.91. The fourth-order valence-electron chi connectivity index (χ4n) is 2.71. The Hall–Kier alpha value is -2.08. The molecule has 1 aromatic heterocycles. The zero-order valence-electron chi connectivity index (χ0n) is 12.5. The summed E-state index contributed by atoms with van der Waals surface area (Å²) >= 11 is 0. The van der Waals surface area contributed by atoms with Crippen molar-refractivity contribution in [2.24, 2.45) is 0 Å². The van der Waals surface area contributed by atoms with Gasteiger partial charge in [-0.3, -0.25) is 0 Å². The Kier molecular flexibility index (Phi) is 3.79. The molecule has 21 heavy (non-hydrogen) atoms. The standard InChI is InChI=1S/C15H19N3O3/c1-18(10-6-7-21-8-10)15-11-4-5-12(19-2)14(20-3)13(11)16-9-17-15/h4-5,9-10H,6-8H2,1-3H3/t10-/m1/s1. The largest absolute Gasteiger partial charge is 0.493 e. The minimum absolute atomic E-state index is 0.344. The number of hydrogen-bond acceptors (Lipinski definition) is 6. The van der Waals surface area contributed by atoms with Crippen LogP contribution in [-0.4, -0.2) is 50.5 Å². The minimum Gasteiger partial charge on any atom is -0.493 e. The van der Waals surface area contributed by atoms with Crippen LogP contribution in [0.15, 0.2) is 18.5 Å². The summed E-state index contributed by atoms with van der Waals surface area (Å²) in [5.74, 6) is 2.19. The van der Waals surface area contributed by atoms with Gasteiger partial charge in [-0.1, -0.05) is 0 Å². The molecule has 0 radical (unpaired) electrons. The Labute approximate surface area is 123 Å². The molecule has 1 aromatic carbocycles. The van der Waals surface area contributed by atoms with E-state index in [0.717, 1.165) is 36.4 Å². The molecule has 1 aliphatic rings. The van der Waals surface area contributed by atoms with Crippen LogP contribution in [0.4, 0.5) is 5.82 Å². The highest BCUT2D eigenvalue weighted by Crippen LogP contribution is 2.37. The highest BCUT2D eigenvalue weighted by molar-refractivity contribution is 5.95. The molecule has 1 fully saturated rings. The lowest BCUT2D eigenvalue weighted by Crippen LogP contribution is -2.32. The van der Waals surface area contributed by atoms with Gasteiger partial charge in [0.05, 0.1) is 26.9 Å². The molecule has 0 aliphatic carbocycles. The van der Waals surface area contributed by atoms with E-state index in [1.165, 1.54) is 0 Å². The molecule has 3 rings (SSSR count). The zero-order chi connectivity index (χ0) is 14.8. The number of benzene rings is 1. The van der Waals surface area contributed by atoms with Crippen molar-refractivity contribution in [3.05, 3.63) is 18.5 Å². The minimum atomic E-state index is 0.344. The third-order valence-electron chi connectivity index (χ3n) is 3.91. The Morgan fingerprint density at radius 1 is 1.24 bits per heavy atom. The molecule has 112 valence electrons. The van der Waals surface area contributed by atoms with E-state index in [-0.39, 0.29) is 0 Å². The van der Waals surface area contributed by atoms with E-state index in [1.807, 2.05) is 19.2 Å². The maximum atomic E-state index is 5.46. The van der Waals surface area contributed by atoms with E-state index in [0.29, 0.717) is 17.5 Å². The number of nitrogens with zero attached hydrogens (tertiary/aromatic N) is 3. The molecule has 0 saturated carbocycles. The highest BCUT2D eigenvalue weighted by atomic mass is 16.5. The van der Waals surface area contributed by atoms with Crippen LogP contribution in [0.2, 0.25) is 0 Å². The number of likely N-dealkylation sites (N-methyl/N-ethyl adjacent to an activating group) is 1. The summed E-state index contributed by atoms with van der Waals surface area (Å²) < 4.78 is 16.2. The number of fused-ring (bicyclic) bond motifs is 1. The Morgan fingerprint density at radius 3 is 2.76 bits per heavy atom. The van der Waals surface area contributed by atoms with E-state index in [9.17, 15) is 0 Å². The topological polar surface area (TPSA) is 56.7 Å². The summed E-state index contributed by atoms with van der Waals surface area (Å²) in [6.45, 7) is 1.53. The van der Waals surface area contributed by atoms with Crippen LogP contribution in [0.5, 0.6) is 11.5 Å². The van der Waals surface area contributed by atoms with Gasteiger partial charge < -0.3 is 19.1 Å². The molecule has 2 heterocycles. The second kappa shape index (κ2) is 5.73. The smallest absolute Gasteiger partial charge is 0.187 e. The average Bonchev–Trinajstić information content (AvgIpc) is 3.06. The van der Waals surface area contributed by atoms with Crippen LogP contribution >= 0.6 is 0 Å². The average molecular weight is 289 g/mol. The number of ether oxygens (including phenoxy) is 3. The summed E-state index contributed by atoms with van der Waals surface area (Å²) in [6.07, 6.45) is 2.57. The Bertz CT molecular complexity index is 641. The van der Waals surface area contributed by atoms with Crippen LogP contribution < -0.4 is 14.4 Å². The zero-order valence-corrected chi connectivity index (χ0v) is 12.5. The monoisotopic (exact) mass is 289 g/mol. The first-order valence-corrected chi connectivity index (χ1v) is 6.92. The number of anilines is 1. The van der Waals surface area contributed by atoms with Gasteiger partial charge in [0.15, 0.2) is 11.5 Å². The highest BCUT2D eigenvalue weighted by Gasteiger charge is 2.24. The quantitative estimate of drug-likeness (QED) is 0.856. The molecule has 0 spiro atoms. The van der Waals surface area contributed by atoms with Crippen molar-refractivity contribution in [3.63, 3.8) is 0 Å². The van der Waals surface area contributed by atoms with Crippen molar-refractivity contribution >= 4 is 16.7 Å². The summed E-state index contributed by atoms with van der Waals surface area (Å²) in [4.78, 5) is 11.0. The van der Waals surface area contributed by atoms with Gasteiger partial charge in [-0.05, 0) is 18.6 Å². The predicted octanol–water partition coefficient (Wildman–Crippen LogP) is 1.87. The molecular weight excluding hydrogens is 270 g/mol. The van der Waals surface area contributed by atoms with Crippen LogP contribution in [0.25, 0.3) is 10.9 Å². The van der Waals surface area contributed by atoms with Crippen LogP contribution in [0.3, 0.4) is 0 Å².